The minimum Gasteiger partial charge on any atom is -0.476 e. The molecule has 2 heterocycles. The van der Waals surface area contributed by atoms with Gasteiger partial charge in [-0.1, -0.05) is 12.1 Å². The Balaban J connectivity index is 2.00. The fraction of sp³-hybridized carbons (Fsp3) is 0.636. The SMILES string of the molecule is CCN1CCC(c2cc(C(=O)O)no2)CC1. The highest BCUT2D eigenvalue weighted by Crippen LogP contribution is 2.28. The van der Waals surface area contributed by atoms with Gasteiger partial charge in [0.25, 0.3) is 0 Å². The number of likely N-dealkylation sites (tertiary alicyclic amines) is 1. The first-order valence-corrected chi connectivity index (χ1v) is 5.63. The monoisotopic (exact) mass is 224 g/mol. The van der Waals surface area contributed by atoms with Crippen LogP contribution in [-0.2, 0) is 0 Å². The Hall–Kier alpha value is -1.36. The van der Waals surface area contributed by atoms with Crippen LogP contribution in [-0.4, -0.2) is 40.8 Å². The Morgan fingerprint density at radius 1 is 1.62 bits per heavy atom. The van der Waals surface area contributed by atoms with Crippen LogP contribution in [0, 0.1) is 0 Å². The van der Waals surface area contributed by atoms with Crippen LogP contribution in [0.4, 0.5) is 0 Å². The van der Waals surface area contributed by atoms with Crippen LogP contribution in [0.1, 0.15) is 41.9 Å². The van der Waals surface area contributed by atoms with Crippen LogP contribution in [0.3, 0.4) is 0 Å². The Morgan fingerprint density at radius 3 is 2.81 bits per heavy atom. The van der Waals surface area contributed by atoms with E-state index in [1.165, 1.54) is 0 Å². The maximum absolute atomic E-state index is 10.7. The van der Waals surface area contributed by atoms with Crippen molar-refractivity contribution in [2.24, 2.45) is 0 Å². The molecule has 5 heteroatoms. The maximum Gasteiger partial charge on any atom is 0.358 e. The number of carboxylic acids is 1. The molecule has 0 amide bonds. The quantitative estimate of drug-likeness (QED) is 0.844. The van der Waals surface area contributed by atoms with Gasteiger partial charge in [0.05, 0.1) is 0 Å². The summed E-state index contributed by atoms with van der Waals surface area (Å²) in [5.74, 6) is 0.0116. The first kappa shape index (κ1) is 11.1. The van der Waals surface area contributed by atoms with Crippen LogP contribution < -0.4 is 0 Å². The van der Waals surface area contributed by atoms with Crippen molar-refractivity contribution in [1.82, 2.24) is 10.1 Å². The van der Waals surface area contributed by atoms with Crippen molar-refractivity contribution in [3.8, 4) is 0 Å². The minimum atomic E-state index is -1.03. The molecule has 1 aliphatic heterocycles. The minimum absolute atomic E-state index is 0.00733. The van der Waals surface area contributed by atoms with Crippen molar-refractivity contribution < 1.29 is 14.4 Å². The van der Waals surface area contributed by atoms with E-state index in [1.54, 1.807) is 6.07 Å². The normalized spacial score (nSPS) is 18.8. The average Bonchev–Trinajstić information content (AvgIpc) is 2.78. The molecular weight excluding hydrogens is 208 g/mol. The number of hydrogen-bond donors (Lipinski definition) is 1. The number of rotatable bonds is 3. The molecule has 0 spiro atoms. The third-order valence-corrected chi connectivity index (χ3v) is 3.18. The maximum atomic E-state index is 10.7. The van der Waals surface area contributed by atoms with E-state index in [1.807, 2.05) is 0 Å². The predicted molar refractivity (Wildman–Crippen MR) is 57.6 cm³/mol. The van der Waals surface area contributed by atoms with Gasteiger partial charge in [-0.05, 0) is 32.5 Å². The summed E-state index contributed by atoms with van der Waals surface area (Å²) in [7, 11) is 0. The highest BCUT2D eigenvalue weighted by molar-refractivity contribution is 5.85. The van der Waals surface area contributed by atoms with E-state index >= 15 is 0 Å². The van der Waals surface area contributed by atoms with Crippen molar-refractivity contribution in [2.75, 3.05) is 19.6 Å². The molecule has 0 saturated carbocycles. The lowest BCUT2D eigenvalue weighted by atomic mass is 9.94. The Bertz CT molecular complexity index is 367. The number of aromatic nitrogens is 1. The topological polar surface area (TPSA) is 66.6 Å². The van der Waals surface area contributed by atoms with E-state index < -0.39 is 5.97 Å². The zero-order chi connectivity index (χ0) is 11.5. The van der Waals surface area contributed by atoms with E-state index in [0.717, 1.165) is 32.5 Å². The molecule has 1 fully saturated rings. The molecule has 0 atom stereocenters. The summed E-state index contributed by atoms with van der Waals surface area (Å²) >= 11 is 0. The molecule has 1 aromatic rings. The average molecular weight is 224 g/mol. The molecule has 1 aliphatic rings. The van der Waals surface area contributed by atoms with Gasteiger partial charge in [-0.3, -0.25) is 0 Å². The number of carboxylic acid groups (broad SMARTS) is 1. The molecule has 88 valence electrons. The molecule has 0 unspecified atom stereocenters. The largest absolute Gasteiger partial charge is 0.476 e. The zero-order valence-electron chi connectivity index (χ0n) is 9.35. The van der Waals surface area contributed by atoms with Crippen LogP contribution in [0.2, 0.25) is 0 Å². The first-order valence-electron chi connectivity index (χ1n) is 5.63. The number of aromatic carboxylic acids is 1. The van der Waals surface area contributed by atoms with E-state index in [0.29, 0.717) is 11.7 Å². The highest BCUT2D eigenvalue weighted by Gasteiger charge is 2.24. The zero-order valence-corrected chi connectivity index (χ0v) is 9.35. The highest BCUT2D eigenvalue weighted by atomic mass is 16.5. The van der Waals surface area contributed by atoms with Crippen molar-refractivity contribution >= 4 is 5.97 Å². The van der Waals surface area contributed by atoms with Crippen molar-refractivity contribution in [2.45, 2.75) is 25.7 Å². The van der Waals surface area contributed by atoms with E-state index in [9.17, 15) is 4.79 Å². The summed E-state index contributed by atoms with van der Waals surface area (Å²) in [5, 5.41) is 12.3. The number of carbonyl (C=O) groups is 1. The fourth-order valence-corrected chi connectivity index (χ4v) is 2.12. The molecule has 0 radical (unpaired) electrons. The summed E-state index contributed by atoms with van der Waals surface area (Å²) < 4.78 is 5.08. The summed E-state index contributed by atoms with van der Waals surface area (Å²) in [6, 6.07) is 1.55. The van der Waals surface area contributed by atoms with Crippen molar-refractivity contribution in [3.05, 3.63) is 17.5 Å². The summed E-state index contributed by atoms with van der Waals surface area (Å²) in [6.45, 7) is 5.31. The molecule has 1 aromatic heterocycles. The van der Waals surface area contributed by atoms with Gasteiger partial charge in [-0.15, -0.1) is 0 Å². The summed E-state index contributed by atoms with van der Waals surface area (Å²) in [6.07, 6.45) is 2.03. The van der Waals surface area contributed by atoms with Gasteiger partial charge in [-0.25, -0.2) is 4.79 Å². The lowest BCUT2D eigenvalue weighted by Crippen LogP contribution is -2.32. The Kier molecular flexibility index (Phi) is 3.24. The van der Waals surface area contributed by atoms with Gasteiger partial charge in [0.1, 0.15) is 5.76 Å². The number of hydrogen-bond acceptors (Lipinski definition) is 4. The van der Waals surface area contributed by atoms with Crippen molar-refractivity contribution in [3.63, 3.8) is 0 Å². The van der Waals surface area contributed by atoms with E-state index in [4.69, 9.17) is 9.63 Å². The predicted octanol–water partition coefficient (Wildman–Crippen LogP) is 1.57. The Morgan fingerprint density at radius 2 is 2.31 bits per heavy atom. The smallest absolute Gasteiger partial charge is 0.358 e. The van der Waals surface area contributed by atoms with Crippen LogP contribution >= 0.6 is 0 Å². The van der Waals surface area contributed by atoms with E-state index in [-0.39, 0.29) is 5.69 Å². The van der Waals surface area contributed by atoms with Crippen LogP contribution in [0.5, 0.6) is 0 Å². The third-order valence-electron chi connectivity index (χ3n) is 3.18. The van der Waals surface area contributed by atoms with Crippen LogP contribution in [0.15, 0.2) is 10.6 Å². The summed E-state index contributed by atoms with van der Waals surface area (Å²) in [4.78, 5) is 13.0. The fourth-order valence-electron chi connectivity index (χ4n) is 2.12. The lowest BCUT2D eigenvalue weighted by molar-refractivity contribution is 0.0685. The molecule has 0 bridgehead atoms. The van der Waals surface area contributed by atoms with Crippen molar-refractivity contribution in [1.29, 1.82) is 0 Å². The van der Waals surface area contributed by atoms with Gasteiger partial charge in [0.15, 0.2) is 5.69 Å². The Labute approximate surface area is 94.0 Å². The molecular formula is C11H16N2O3. The molecule has 2 rings (SSSR count). The number of piperidine rings is 1. The standard InChI is InChI=1S/C11H16N2O3/c1-2-13-5-3-8(4-6-13)10-7-9(11(14)15)12-16-10/h7-8H,2-6H2,1H3,(H,14,15). The first-order chi connectivity index (χ1) is 7.70. The van der Waals surface area contributed by atoms with Gasteiger partial charge < -0.3 is 14.5 Å². The summed E-state index contributed by atoms with van der Waals surface area (Å²) in [5.41, 5.74) is 0.00733. The second-order valence-electron chi connectivity index (χ2n) is 4.13. The van der Waals surface area contributed by atoms with Gasteiger partial charge in [0.2, 0.25) is 0 Å². The molecule has 0 aromatic carbocycles. The van der Waals surface area contributed by atoms with Gasteiger partial charge >= 0.3 is 5.97 Å². The molecule has 0 aliphatic carbocycles. The van der Waals surface area contributed by atoms with Gasteiger partial charge in [0, 0.05) is 12.0 Å². The molecule has 16 heavy (non-hydrogen) atoms. The number of nitrogens with zero attached hydrogens (tertiary/aromatic N) is 2. The molecule has 5 nitrogen and oxygen atoms in total. The second-order valence-corrected chi connectivity index (χ2v) is 4.13. The molecule has 1 saturated heterocycles. The van der Waals surface area contributed by atoms with E-state index in [2.05, 4.69) is 17.0 Å². The third kappa shape index (κ3) is 2.24. The van der Waals surface area contributed by atoms with Crippen LogP contribution in [0.25, 0.3) is 0 Å². The lowest BCUT2D eigenvalue weighted by Gasteiger charge is -2.29. The molecule has 1 N–H and O–H groups in total. The van der Waals surface area contributed by atoms with Gasteiger partial charge in [-0.2, -0.15) is 0 Å². The second kappa shape index (κ2) is 4.65.